The predicted molar refractivity (Wildman–Crippen MR) is 42.8 cm³/mol. The van der Waals surface area contributed by atoms with E-state index in [1.807, 2.05) is 0 Å². The van der Waals surface area contributed by atoms with Crippen LogP contribution in [0.15, 0.2) is 15.4 Å². The lowest BCUT2D eigenvalue weighted by atomic mass is 10.6. The van der Waals surface area contributed by atoms with E-state index in [1.54, 1.807) is 0 Å². The van der Waals surface area contributed by atoms with E-state index >= 15 is 0 Å². The maximum atomic E-state index is 10.7. The lowest BCUT2D eigenvalue weighted by Gasteiger charge is -1.90. The monoisotopic (exact) mass is 239 g/mol. The summed E-state index contributed by atoms with van der Waals surface area (Å²) in [6.07, 6.45) is 2.52. The molecule has 0 unspecified atom stereocenters. The van der Waals surface area contributed by atoms with E-state index in [4.69, 9.17) is 4.42 Å². The van der Waals surface area contributed by atoms with Gasteiger partial charge in [0.1, 0.15) is 11.5 Å². The Morgan fingerprint density at radius 1 is 1.73 bits per heavy atom. The molecule has 1 aromatic rings. The maximum absolute atomic E-state index is 10.7. The van der Waals surface area contributed by atoms with Crippen molar-refractivity contribution in [3.8, 4) is 0 Å². The molecule has 0 saturated carbocycles. The van der Waals surface area contributed by atoms with E-state index in [9.17, 15) is 8.42 Å². The molecule has 0 bridgehead atoms. The Morgan fingerprint density at radius 2 is 2.36 bits per heavy atom. The molecule has 0 fully saturated rings. The van der Waals surface area contributed by atoms with Crippen molar-refractivity contribution in [2.75, 3.05) is 6.26 Å². The molecular weight excluding hydrogens is 234 g/mol. The molecule has 0 aliphatic rings. The Balaban J connectivity index is 2.81. The van der Waals surface area contributed by atoms with Gasteiger partial charge in [-0.2, -0.15) is 0 Å². The molecule has 0 aliphatic carbocycles. The lowest BCUT2D eigenvalue weighted by molar-refractivity contribution is 0.492. The Bertz CT molecular complexity index is 342. The van der Waals surface area contributed by atoms with Crippen molar-refractivity contribution in [3.05, 3.63) is 16.8 Å². The van der Waals surface area contributed by atoms with Gasteiger partial charge in [0.25, 0.3) is 4.80 Å². The van der Waals surface area contributed by atoms with E-state index in [0.717, 1.165) is 6.26 Å². The van der Waals surface area contributed by atoms with Crippen molar-refractivity contribution in [2.45, 2.75) is 5.75 Å². The second kappa shape index (κ2) is 2.94. The fourth-order valence-electron chi connectivity index (χ4n) is 0.609. The van der Waals surface area contributed by atoms with Crippen molar-refractivity contribution < 1.29 is 12.8 Å². The van der Waals surface area contributed by atoms with Crippen LogP contribution in [0.4, 0.5) is 0 Å². The molecule has 1 rings (SSSR count). The van der Waals surface area contributed by atoms with Gasteiger partial charge in [0.15, 0.2) is 9.84 Å². The fourth-order valence-corrected chi connectivity index (χ4v) is 1.57. The first-order chi connectivity index (χ1) is 4.97. The van der Waals surface area contributed by atoms with Crippen LogP contribution in [0.2, 0.25) is 0 Å². The molecule has 1 heterocycles. The minimum absolute atomic E-state index is 0.106. The number of sulfone groups is 1. The second-order valence-corrected chi connectivity index (χ2v) is 4.97. The normalized spacial score (nSPS) is 11.8. The van der Waals surface area contributed by atoms with Crippen molar-refractivity contribution in [1.82, 2.24) is 4.98 Å². The molecule has 11 heavy (non-hydrogen) atoms. The zero-order valence-corrected chi connectivity index (χ0v) is 8.15. The third kappa shape index (κ3) is 3.02. The highest BCUT2D eigenvalue weighted by Crippen LogP contribution is 2.11. The van der Waals surface area contributed by atoms with Gasteiger partial charge in [-0.15, -0.1) is 0 Å². The van der Waals surface area contributed by atoms with E-state index in [2.05, 4.69) is 20.9 Å². The Morgan fingerprint density at radius 3 is 2.73 bits per heavy atom. The van der Waals surface area contributed by atoms with Gasteiger partial charge in [-0.3, -0.25) is 0 Å². The largest absolute Gasteiger partial charge is 0.435 e. The third-order valence-corrected chi connectivity index (χ3v) is 2.11. The number of rotatable bonds is 2. The summed E-state index contributed by atoms with van der Waals surface area (Å²) in [6.45, 7) is 0. The Hall–Kier alpha value is -0.360. The van der Waals surface area contributed by atoms with Crippen LogP contribution >= 0.6 is 15.9 Å². The number of halogens is 1. The molecule has 0 radical (unpaired) electrons. The zero-order valence-electron chi connectivity index (χ0n) is 5.74. The molecule has 0 atom stereocenters. The highest BCUT2D eigenvalue weighted by atomic mass is 79.9. The van der Waals surface area contributed by atoms with Crippen molar-refractivity contribution in [2.24, 2.45) is 0 Å². The van der Waals surface area contributed by atoms with Crippen molar-refractivity contribution in [1.29, 1.82) is 0 Å². The summed E-state index contributed by atoms with van der Waals surface area (Å²) in [4.78, 5) is 3.99. The van der Waals surface area contributed by atoms with Crippen LogP contribution in [-0.2, 0) is 15.6 Å². The summed E-state index contributed by atoms with van der Waals surface area (Å²) in [7, 11) is -3.02. The molecule has 4 nitrogen and oxygen atoms in total. The quantitative estimate of drug-likeness (QED) is 0.773. The van der Waals surface area contributed by atoms with E-state index in [1.165, 1.54) is 6.20 Å². The molecule has 0 spiro atoms. The average Bonchev–Trinajstić information content (AvgIpc) is 2.10. The van der Waals surface area contributed by atoms with Gasteiger partial charge in [-0.05, 0) is 0 Å². The fraction of sp³-hybridized carbons (Fsp3) is 0.400. The highest BCUT2D eigenvalue weighted by molar-refractivity contribution is 9.10. The summed E-state index contributed by atoms with van der Waals surface area (Å²) >= 11 is 2.97. The van der Waals surface area contributed by atoms with Gasteiger partial charge in [0.05, 0.1) is 6.20 Å². The number of oxazole rings is 1. The Labute approximate surface area is 72.7 Å². The van der Waals surface area contributed by atoms with E-state index < -0.39 is 9.84 Å². The van der Waals surface area contributed by atoms with Crippen molar-refractivity contribution >= 4 is 25.8 Å². The first-order valence-electron chi connectivity index (χ1n) is 2.75. The molecule has 1 aromatic heterocycles. The smallest absolute Gasteiger partial charge is 0.264 e. The number of hydrogen-bond donors (Lipinski definition) is 0. The van der Waals surface area contributed by atoms with Crippen LogP contribution in [0.5, 0.6) is 0 Å². The van der Waals surface area contributed by atoms with Gasteiger partial charge >= 0.3 is 0 Å². The van der Waals surface area contributed by atoms with E-state index in [0.29, 0.717) is 10.6 Å². The summed E-state index contributed by atoms with van der Waals surface area (Å²) in [5.41, 5.74) is 0. The van der Waals surface area contributed by atoms with Gasteiger partial charge in [-0.1, -0.05) is 0 Å². The average molecular weight is 240 g/mol. The number of aromatic nitrogens is 1. The van der Waals surface area contributed by atoms with Gasteiger partial charge < -0.3 is 4.42 Å². The second-order valence-electron chi connectivity index (χ2n) is 2.15. The van der Waals surface area contributed by atoms with Crippen LogP contribution in [0.25, 0.3) is 0 Å². The lowest BCUT2D eigenvalue weighted by Crippen LogP contribution is -1.98. The first kappa shape index (κ1) is 8.73. The summed E-state index contributed by atoms with van der Waals surface area (Å²) in [5, 5.41) is 0. The van der Waals surface area contributed by atoms with Crippen LogP contribution in [0, 0.1) is 0 Å². The van der Waals surface area contributed by atoms with Crippen LogP contribution < -0.4 is 0 Å². The third-order valence-electron chi connectivity index (χ3n) is 0.930. The summed E-state index contributed by atoms with van der Waals surface area (Å²) in [5.74, 6) is 0.241. The highest BCUT2D eigenvalue weighted by Gasteiger charge is 2.08. The predicted octanol–water partition coefficient (Wildman–Crippen LogP) is 0.982. The van der Waals surface area contributed by atoms with Crippen LogP contribution in [-0.4, -0.2) is 19.7 Å². The molecule has 0 saturated heterocycles. The van der Waals surface area contributed by atoms with Crippen molar-refractivity contribution in [3.63, 3.8) is 0 Å². The van der Waals surface area contributed by atoms with E-state index in [-0.39, 0.29) is 5.75 Å². The summed E-state index contributed by atoms with van der Waals surface area (Å²) < 4.78 is 26.3. The standard InChI is InChI=1S/C5H6BrNO3S/c1-11(8,9)3-4-2-7-5(6)10-4/h2H,3H2,1H3. The SMILES string of the molecule is CS(=O)(=O)Cc1cnc(Br)o1. The molecule has 6 heteroatoms. The van der Waals surface area contributed by atoms with Gasteiger partial charge in [0, 0.05) is 22.2 Å². The minimum atomic E-state index is -3.02. The van der Waals surface area contributed by atoms with Gasteiger partial charge in [-0.25, -0.2) is 13.4 Å². The maximum Gasteiger partial charge on any atom is 0.264 e. The Kier molecular flexibility index (Phi) is 2.34. The molecule has 0 N–H and O–H groups in total. The molecular formula is C5H6BrNO3S. The molecule has 0 amide bonds. The molecule has 0 aliphatic heterocycles. The molecule has 62 valence electrons. The van der Waals surface area contributed by atoms with Gasteiger partial charge in [0.2, 0.25) is 0 Å². The van der Waals surface area contributed by atoms with Crippen LogP contribution in [0.1, 0.15) is 5.76 Å². The number of nitrogens with zero attached hydrogens (tertiary/aromatic N) is 1. The minimum Gasteiger partial charge on any atom is -0.435 e. The molecule has 0 aromatic carbocycles. The summed E-state index contributed by atoms with van der Waals surface area (Å²) in [6, 6.07) is 0. The zero-order chi connectivity index (χ0) is 8.48. The number of hydrogen-bond acceptors (Lipinski definition) is 4. The van der Waals surface area contributed by atoms with Crippen LogP contribution in [0.3, 0.4) is 0 Å². The first-order valence-corrected chi connectivity index (χ1v) is 5.61. The topological polar surface area (TPSA) is 60.2 Å².